The number of ether oxygens (including phenoxy) is 1. The summed E-state index contributed by atoms with van der Waals surface area (Å²) in [6.45, 7) is 4.91. The second-order valence-electron chi connectivity index (χ2n) is 5.02. The minimum Gasteiger partial charge on any atom is -0.456 e. The molecule has 111 valence electrons. The van der Waals surface area contributed by atoms with E-state index in [9.17, 15) is 15.2 Å². The van der Waals surface area contributed by atoms with Crippen LogP contribution in [0.1, 0.15) is 37.6 Å². The molecule has 1 atom stereocenters. The number of benzene rings is 1. The smallest absolute Gasteiger partial charge is 0.340 e. The highest BCUT2D eigenvalue weighted by molar-refractivity contribution is 6.39. The Bertz CT molecular complexity index is 500. The number of rotatable bonds is 5. The van der Waals surface area contributed by atoms with Crippen molar-refractivity contribution in [2.75, 3.05) is 0 Å². The lowest BCUT2D eigenvalue weighted by molar-refractivity contribution is -0.208. The molecule has 0 saturated carbocycles. The molecule has 0 fully saturated rings. The van der Waals surface area contributed by atoms with Crippen molar-refractivity contribution in [3.05, 3.63) is 27.7 Å². The number of aliphatic hydroxyl groups is 1. The fraction of sp³-hybridized carbons (Fsp3) is 0.462. The van der Waals surface area contributed by atoms with Crippen LogP contribution < -0.4 is 4.89 Å². The molecule has 7 heteroatoms. The van der Waals surface area contributed by atoms with Gasteiger partial charge in [-0.1, -0.05) is 23.2 Å². The molecule has 1 N–H and O–H groups in total. The molecule has 0 aliphatic rings. The van der Waals surface area contributed by atoms with Gasteiger partial charge in [0.1, 0.15) is 10.6 Å². The Hall–Kier alpha value is -1.01. The topological polar surface area (TPSA) is 75.7 Å². The molecule has 1 aromatic carbocycles. The van der Waals surface area contributed by atoms with E-state index < -0.39 is 17.7 Å². The van der Waals surface area contributed by atoms with Crippen LogP contribution in [0.25, 0.3) is 0 Å². The van der Waals surface area contributed by atoms with Gasteiger partial charge in [0, 0.05) is 11.7 Å². The van der Waals surface area contributed by atoms with E-state index in [1.54, 1.807) is 20.8 Å². The van der Waals surface area contributed by atoms with E-state index in [4.69, 9.17) is 27.9 Å². The summed E-state index contributed by atoms with van der Waals surface area (Å²) in [4.78, 5) is 15.9. The number of carbonyl (C=O) groups is 1. The van der Waals surface area contributed by atoms with Gasteiger partial charge in [0.05, 0.1) is 16.7 Å². The largest absolute Gasteiger partial charge is 0.456 e. The zero-order chi connectivity index (χ0) is 15.5. The van der Waals surface area contributed by atoms with Crippen LogP contribution in [0.4, 0.5) is 0 Å². The maximum absolute atomic E-state index is 12.1. The molecule has 0 bridgehead atoms. The molecule has 1 unspecified atom stereocenters. The van der Waals surface area contributed by atoms with E-state index >= 15 is 0 Å². The van der Waals surface area contributed by atoms with E-state index in [0.717, 1.165) is 0 Å². The van der Waals surface area contributed by atoms with Crippen molar-refractivity contribution in [3.8, 4) is 5.75 Å². The molecule has 0 aliphatic heterocycles. The van der Waals surface area contributed by atoms with Crippen molar-refractivity contribution in [3.63, 3.8) is 0 Å². The maximum Gasteiger partial charge on any atom is 0.340 e. The van der Waals surface area contributed by atoms with Crippen LogP contribution in [-0.2, 0) is 9.99 Å². The van der Waals surface area contributed by atoms with E-state index in [1.165, 1.54) is 12.1 Å². The minimum absolute atomic E-state index is 0.00444. The summed E-state index contributed by atoms with van der Waals surface area (Å²) in [6, 6.07) is 2.66. The van der Waals surface area contributed by atoms with Crippen LogP contribution in [-0.4, -0.2) is 22.8 Å². The summed E-state index contributed by atoms with van der Waals surface area (Å²) in [6.07, 6.45) is -0.367. The Morgan fingerprint density at radius 1 is 1.40 bits per heavy atom. The Kier molecular flexibility index (Phi) is 5.65. The van der Waals surface area contributed by atoms with Gasteiger partial charge in [-0.25, -0.2) is 4.79 Å². The van der Waals surface area contributed by atoms with Crippen LogP contribution in [0.2, 0.25) is 10.0 Å². The predicted molar refractivity (Wildman–Crippen MR) is 73.6 cm³/mol. The average Bonchev–Trinajstić information content (AvgIpc) is 2.26. The first kappa shape index (κ1) is 17.0. The predicted octanol–water partition coefficient (Wildman–Crippen LogP) is 3.42. The third-order valence-corrected chi connectivity index (χ3v) is 3.18. The molecule has 0 aromatic heterocycles. The zero-order valence-corrected chi connectivity index (χ0v) is 12.8. The molecule has 0 saturated heterocycles. The Balaban J connectivity index is 2.99. The van der Waals surface area contributed by atoms with Gasteiger partial charge in [-0.05, 0) is 32.9 Å². The van der Waals surface area contributed by atoms with Gasteiger partial charge < -0.3 is 14.7 Å². The highest BCUT2D eigenvalue weighted by atomic mass is 35.5. The second kappa shape index (κ2) is 6.63. The van der Waals surface area contributed by atoms with Crippen molar-refractivity contribution < 1.29 is 24.8 Å². The van der Waals surface area contributed by atoms with Gasteiger partial charge in [-0.2, -0.15) is 0 Å². The molecule has 0 amide bonds. The molecular weight excluding hydrogens is 307 g/mol. The maximum atomic E-state index is 12.1. The zero-order valence-electron chi connectivity index (χ0n) is 11.3. The summed E-state index contributed by atoms with van der Waals surface area (Å²) in [5.41, 5.74) is -0.909. The monoisotopic (exact) mass is 321 g/mol. The highest BCUT2D eigenvalue weighted by Gasteiger charge is 2.28. The first-order chi connectivity index (χ1) is 9.18. The van der Waals surface area contributed by atoms with Gasteiger partial charge in [0.15, 0.2) is 0 Å². The summed E-state index contributed by atoms with van der Waals surface area (Å²) >= 11 is 11.6. The Morgan fingerprint density at radius 2 is 2.00 bits per heavy atom. The minimum atomic E-state index is -0.882. The van der Waals surface area contributed by atoms with Gasteiger partial charge in [0.25, 0.3) is 0 Å². The van der Waals surface area contributed by atoms with Crippen LogP contribution in [0.5, 0.6) is 5.75 Å². The van der Waals surface area contributed by atoms with Crippen LogP contribution in [0, 0.1) is 0 Å². The normalized spacial score (nSPS) is 12.9. The highest BCUT2D eigenvalue weighted by Crippen LogP contribution is 2.36. The third kappa shape index (κ3) is 4.24. The standard InChI is InChI=1S/C13H15Cl2O5/c1-7(16)6-13(2,3)19-12(17)8-4-5-9(14)11(20-18)10(8)15/h4-5,7,16H,6H2,1-3H3. The van der Waals surface area contributed by atoms with Gasteiger partial charge in [0.2, 0.25) is 5.75 Å². The summed E-state index contributed by atoms with van der Waals surface area (Å²) in [7, 11) is 0. The molecule has 0 aliphatic carbocycles. The lowest BCUT2D eigenvalue weighted by atomic mass is 10.0. The quantitative estimate of drug-likeness (QED) is 0.512. The van der Waals surface area contributed by atoms with Crippen molar-refractivity contribution in [2.24, 2.45) is 0 Å². The fourth-order valence-electron chi connectivity index (χ4n) is 1.83. The van der Waals surface area contributed by atoms with E-state index in [2.05, 4.69) is 4.89 Å². The first-order valence-electron chi connectivity index (χ1n) is 5.87. The Morgan fingerprint density at radius 3 is 2.50 bits per heavy atom. The SMILES string of the molecule is CC(O)CC(C)(C)OC(=O)c1ccc(Cl)c(O[O])c1Cl. The van der Waals surface area contributed by atoms with Gasteiger partial charge in [-0.3, -0.25) is 0 Å². The molecule has 5 nitrogen and oxygen atoms in total. The third-order valence-electron chi connectivity index (χ3n) is 2.51. The molecule has 1 rings (SSSR count). The van der Waals surface area contributed by atoms with Gasteiger partial charge in [-0.15, -0.1) is 0 Å². The lowest BCUT2D eigenvalue weighted by Crippen LogP contribution is -2.31. The van der Waals surface area contributed by atoms with Crippen LogP contribution in [0.3, 0.4) is 0 Å². The van der Waals surface area contributed by atoms with Crippen molar-refractivity contribution in [2.45, 2.75) is 38.9 Å². The fourth-order valence-corrected chi connectivity index (χ4v) is 2.34. The molecule has 1 radical (unpaired) electrons. The number of halogens is 2. The van der Waals surface area contributed by atoms with E-state index in [-0.39, 0.29) is 27.8 Å². The number of carbonyl (C=O) groups excluding carboxylic acids is 1. The molecule has 0 heterocycles. The summed E-state index contributed by atoms with van der Waals surface area (Å²) in [5.74, 6) is -1.05. The summed E-state index contributed by atoms with van der Waals surface area (Å²) < 4.78 is 5.27. The lowest BCUT2D eigenvalue weighted by Gasteiger charge is -2.26. The number of esters is 1. The van der Waals surface area contributed by atoms with E-state index in [0.29, 0.717) is 0 Å². The molecule has 1 aromatic rings. The molecule has 0 spiro atoms. The molecular formula is C13H15Cl2O5. The first-order valence-corrected chi connectivity index (χ1v) is 6.63. The summed E-state index contributed by atoms with van der Waals surface area (Å²) in [5, 5.41) is 19.7. The number of hydrogen-bond acceptors (Lipinski definition) is 4. The van der Waals surface area contributed by atoms with Crippen molar-refractivity contribution in [1.82, 2.24) is 0 Å². The average molecular weight is 322 g/mol. The molecule has 20 heavy (non-hydrogen) atoms. The van der Waals surface area contributed by atoms with Crippen molar-refractivity contribution >= 4 is 29.2 Å². The van der Waals surface area contributed by atoms with Gasteiger partial charge >= 0.3 is 5.97 Å². The van der Waals surface area contributed by atoms with Crippen LogP contribution >= 0.6 is 23.2 Å². The van der Waals surface area contributed by atoms with Crippen molar-refractivity contribution in [1.29, 1.82) is 0 Å². The van der Waals surface area contributed by atoms with Crippen LogP contribution in [0.15, 0.2) is 12.1 Å². The number of aliphatic hydroxyl groups excluding tert-OH is 1. The number of hydrogen-bond donors (Lipinski definition) is 1. The van der Waals surface area contributed by atoms with E-state index in [1.807, 2.05) is 0 Å². The second-order valence-corrected chi connectivity index (χ2v) is 5.81. The Labute approximate surface area is 126 Å².